The molecule has 1 saturated heterocycles. The van der Waals surface area contributed by atoms with Crippen molar-refractivity contribution in [2.75, 3.05) is 31.1 Å². The van der Waals surface area contributed by atoms with Gasteiger partial charge in [-0.2, -0.15) is 5.10 Å². The Morgan fingerprint density at radius 1 is 1.13 bits per heavy atom. The molecule has 0 aliphatic carbocycles. The number of rotatable bonds is 4. The average Bonchev–Trinajstić information content (AvgIpc) is 3.44. The number of fused-ring (bicyclic) bond motifs is 1. The van der Waals surface area contributed by atoms with Gasteiger partial charge in [-0.3, -0.25) is 4.79 Å². The molecule has 9 heteroatoms. The zero-order valence-corrected chi connectivity index (χ0v) is 17.8. The van der Waals surface area contributed by atoms with Crippen LogP contribution in [0.3, 0.4) is 0 Å². The predicted molar refractivity (Wildman–Crippen MR) is 118 cm³/mol. The summed E-state index contributed by atoms with van der Waals surface area (Å²) in [5, 5.41) is 6.15. The fourth-order valence-corrected chi connectivity index (χ4v) is 4.00. The van der Waals surface area contributed by atoms with E-state index >= 15 is 0 Å². The van der Waals surface area contributed by atoms with Crippen LogP contribution < -0.4 is 4.90 Å². The number of nitrogens with zero attached hydrogens (tertiary/aromatic N) is 6. The molecule has 0 radical (unpaired) electrons. The van der Waals surface area contributed by atoms with Crippen LogP contribution in [-0.4, -0.2) is 56.7 Å². The van der Waals surface area contributed by atoms with Crippen LogP contribution in [0, 0.1) is 6.92 Å². The van der Waals surface area contributed by atoms with Crippen molar-refractivity contribution in [1.29, 1.82) is 0 Å². The maximum atomic E-state index is 13.0. The monoisotopic (exact) mass is 436 g/mol. The van der Waals surface area contributed by atoms with E-state index in [4.69, 9.17) is 16.0 Å². The van der Waals surface area contributed by atoms with Gasteiger partial charge in [0.2, 0.25) is 11.8 Å². The maximum Gasteiger partial charge on any atom is 0.247 e. The molecule has 4 heterocycles. The zero-order chi connectivity index (χ0) is 21.4. The highest BCUT2D eigenvalue weighted by atomic mass is 35.5. The van der Waals surface area contributed by atoms with Gasteiger partial charge in [0.1, 0.15) is 12.8 Å². The number of hydrogen-bond acceptors (Lipinski definition) is 6. The van der Waals surface area contributed by atoms with E-state index in [0.717, 1.165) is 34.7 Å². The van der Waals surface area contributed by atoms with Crippen LogP contribution in [0.5, 0.6) is 0 Å². The first-order valence-corrected chi connectivity index (χ1v) is 10.5. The number of pyridine rings is 1. The Hall–Kier alpha value is -3.39. The number of oxazole rings is 1. The number of amides is 1. The Balaban J connectivity index is 1.30. The second-order valence-electron chi connectivity index (χ2n) is 7.52. The van der Waals surface area contributed by atoms with Gasteiger partial charge in [-0.1, -0.05) is 11.6 Å². The van der Waals surface area contributed by atoms with Crippen molar-refractivity contribution in [2.45, 2.75) is 13.5 Å². The van der Waals surface area contributed by atoms with E-state index in [1.807, 2.05) is 36.1 Å². The largest absolute Gasteiger partial charge is 0.443 e. The van der Waals surface area contributed by atoms with E-state index in [9.17, 15) is 4.79 Å². The van der Waals surface area contributed by atoms with Gasteiger partial charge in [-0.05, 0) is 42.8 Å². The van der Waals surface area contributed by atoms with Gasteiger partial charge in [-0.25, -0.2) is 14.6 Å². The lowest BCUT2D eigenvalue weighted by atomic mass is 10.2. The summed E-state index contributed by atoms with van der Waals surface area (Å²) in [5.41, 5.74) is 3.41. The van der Waals surface area contributed by atoms with E-state index in [1.165, 1.54) is 6.26 Å². The smallest absolute Gasteiger partial charge is 0.247 e. The summed E-state index contributed by atoms with van der Waals surface area (Å²) < 4.78 is 7.04. The van der Waals surface area contributed by atoms with Crippen LogP contribution in [0.4, 0.5) is 5.69 Å². The second-order valence-corrected chi connectivity index (χ2v) is 7.93. The highest BCUT2D eigenvalue weighted by molar-refractivity contribution is 6.31. The van der Waals surface area contributed by atoms with E-state index < -0.39 is 0 Å². The van der Waals surface area contributed by atoms with Gasteiger partial charge >= 0.3 is 0 Å². The van der Waals surface area contributed by atoms with Crippen LogP contribution in [-0.2, 0) is 11.3 Å². The summed E-state index contributed by atoms with van der Waals surface area (Å²) in [6.45, 7) is 4.97. The first-order valence-electron chi connectivity index (χ1n) is 10.1. The zero-order valence-electron chi connectivity index (χ0n) is 17.0. The molecule has 0 atom stereocenters. The predicted octanol–water partition coefficient (Wildman–Crippen LogP) is 3.40. The molecule has 1 aliphatic heterocycles. The number of carbonyl (C=O) groups excluding carboxylic acids is 1. The van der Waals surface area contributed by atoms with Crippen LogP contribution in [0.2, 0.25) is 5.02 Å². The summed E-state index contributed by atoms with van der Waals surface area (Å²) in [6, 6.07) is 9.78. The number of aryl methyl sites for hydroxylation is 1. The SMILES string of the molecule is Cc1cc(N2CCN(C(=O)Cn3nc(-c4ncco4)c4cccnc43)CC2)ccc1Cl. The van der Waals surface area contributed by atoms with E-state index in [-0.39, 0.29) is 12.5 Å². The Kier molecular flexibility index (Phi) is 5.07. The van der Waals surface area contributed by atoms with Gasteiger partial charge in [0.15, 0.2) is 11.3 Å². The standard InChI is InChI=1S/C22H21ClN6O2/c1-15-13-16(4-5-18(15)23)27-8-10-28(11-9-27)19(30)14-29-21-17(3-2-6-24-21)20(26-29)22-25-7-12-31-22/h2-7,12-13H,8-11,14H2,1H3. The van der Waals surface area contributed by atoms with Crippen molar-refractivity contribution < 1.29 is 9.21 Å². The Labute approximate surface area is 184 Å². The fourth-order valence-electron chi connectivity index (χ4n) is 3.89. The number of piperazine rings is 1. The first-order chi connectivity index (χ1) is 15.1. The number of aromatic nitrogens is 4. The van der Waals surface area contributed by atoms with Gasteiger partial charge in [0.05, 0.1) is 11.6 Å². The van der Waals surface area contributed by atoms with Gasteiger partial charge in [0.25, 0.3) is 0 Å². The average molecular weight is 437 g/mol. The van der Waals surface area contributed by atoms with Crippen molar-refractivity contribution in [3.63, 3.8) is 0 Å². The molecule has 8 nitrogen and oxygen atoms in total. The van der Waals surface area contributed by atoms with Crippen molar-refractivity contribution in [3.8, 4) is 11.6 Å². The van der Waals surface area contributed by atoms with Crippen molar-refractivity contribution in [2.24, 2.45) is 0 Å². The third-order valence-corrected chi connectivity index (χ3v) is 5.99. The lowest BCUT2D eigenvalue weighted by Crippen LogP contribution is -2.49. The molecule has 4 aromatic rings. The lowest BCUT2D eigenvalue weighted by molar-refractivity contribution is -0.132. The number of halogens is 1. The quantitative estimate of drug-likeness (QED) is 0.487. The van der Waals surface area contributed by atoms with Crippen LogP contribution >= 0.6 is 11.6 Å². The third kappa shape index (κ3) is 3.74. The van der Waals surface area contributed by atoms with E-state index in [2.05, 4.69) is 26.0 Å². The summed E-state index contributed by atoms with van der Waals surface area (Å²) in [7, 11) is 0. The van der Waals surface area contributed by atoms with E-state index in [0.29, 0.717) is 30.3 Å². The molecule has 1 aromatic carbocycles. The summed E-state index contributed by atoms with van der Waals surface area (Å²) in [5.74, 6) is 0.428. The minimum absolute atomic E-state index is 0.0148. The molecule has 0 unspecified atom stereocenters. The fraction of sp³-hybridized carbons (Fsp3) is 0.273. The molecule has 1 amide bonds. The second kappa shape index (κ2) is 8.03. The molecule has 1 fully saturated rings. The normalized spacial score (nSPS) is 14.4. The molecule has 0 saturated carbocycles. The Morgan fingerprint density at radius 3 is 2.71 bits per heavy atom. The molecule has 0 spiro atoms. The van der Waals surface area contributed by atoms with Crippen molar-refractivity contribution >= 4 is 34.2 Å². The highest BCUT2D eigenvalue weighted by Gasteiger charge is 2.24. The topological polar surface area (TPSA) is 80.3 Å². The van der Waals surface area contributed by atoms with Crippen molar-refractivity contribution in [1.82, 2.24) is 24.6 Å². The van der Waals surface area contributed by atoms with Crippen LogP contribution in [0.25, 0.3) is 22.6 Å². The summed E-state index contributed by atoms with van der Waals surface area (Å²) >= 11 is 6.14. The molecule has 3 aromatic heterocycles. The van der Waals surface area contributed by atoms with Crippen LogP contribution in [0.1, 0.15) is 5.56 Å². The Morgan fingerprint density at radius 2 is 1.97 bits per heavy atom. The highest BCUT2D eigenvalue weighted by Crippen LogP contribution is 2.26. The molecule has 0 bridgehead atoms. The maximum absolute atomic E-state index is 13.0. The molecule has 158 valence electrons. The number of hydrogen-bond donors (Lipinski definition) is 0. The molecular formula is C22H21ClN6O2. The first kappa shape index (κ1) is 19.6. The molecule has 1 aliphatic rings. The third-order valence-electron chi connectivity index (χ3n) is 5.57. The minimum atomic E-state index is 0.0148. The molecule has 0 N–H and O–H groups in total. The summed E-state index contributed by atoms with van der Waals surface area (Å²) in [6.07, 6.45) is 4.77. The minimum Gasteiger partial charge on any atom is -0.443 e. The summed E-state index contributed by atoms with van der Waals surface area (Å²) in [4.78, 5) is 25.8. The Bertz CT molecular complexity index is 1230. The lowest BCUT2D eigenvalue weighted by Gasteiger charge is -2.36. The number of benzene rings is 1. The molecule has 5 rings (SSSR count). The van der Waals surface area contributed by atoms with E-state index in [1.54, 1.807) is 17.1 Å². The molecule has 31 heavy (non-hydrogen) atoms. The van der Waals surface area contributed by atoms with Gasteiger partial charge in [-0.15, -0.1) is 0 Å². The molecular weight excluding hydrogens is 416 g/mol. The van der Waals surface area contributed by atoms with Crippen molar-refractivity contribution in [3.05, 3.63) is 59.6 Å². The number of carbonyl (C=O) groups is 1. The van der Waals surface area contributed by atoms with Crippen LogP contribution in [0.15, 0.2) is 53.4 Å². The van der Waals surface area contributed by atoms with Gasteiger partial charge < -0.3 is 14.2 Å². The van der Waals surface area contributed by atoms with Gasteiger partial charge in [0, 0.05) is 43.1 Å². The number of anilines is 1.